The fourth-order valence-corrected chi connectivity index (χ4v) is 5.81. The molecule has 0 spiro atoms. The van der Waals surface area contributed by atoms with E-state index in [1.54, 1.807) is 29.2 Å². The average molecular weight is 550 g/mol. The number of unbranched alkanes of at least 4 members (excludes halogenated alkanes) is 1. The SMILES string of the molecule is CCCCc1ccc(NS(=O)(=O)c2ccc(C)c(C(=O)N3CCN(c4ccccc4OC(C)C)CC3)c2)cc1. The molecule has 0 aromatic heterocycles. The number of nitrogens with zero attached hydrogens (tertiary/aromatic N) is 2. The molecule has 3 aromatic carbocycles. The van der Waals surface area contributed by atoms with Crippen LogP contribution in [-0.2, 0) is 16.4 Å². The standard InChI is InChI=1S/C31H39N3O4S/c1-5-6-9-25-13-15-26(16-14-25)32-39(36,37)27-17-12-24(4)28(22-27)31(35)34-20-18-33(19-21-34)29-10-7-8-11-30(29)38-23(2)3/h7-8,10-17,22-23,32H,5-6,9,18-21H2,1-4H3. The summed E-state index contributed by atoms with van der Waals surface area (Å²) < 4.78 is 35.0. The van der Waals surface area contributed by atoms with Crippen molar-refractivity contribution in [1.29, 1.82) is 0 Å². The molecule has 1 heterocycles. The van der Waals surface area contributed by atoms with Gasteiger partial charge in [0.05, 0.1) is 16.7 Å². The van der Waals surface area contributed by atoms with Crippen LogP contribution in [-0.4, -0.2) is 51.5 Å². The summed E-state index contributed by atoms with van der Waals surface area (Å²) in [7, 11) is -3.85. The van der Waals surface area contributed by atoms with Gasteiger partial charge in [0.1, 0.15) is 5.75 Å². The second kappa shape index (κ2) is 12.6. The Kier molecular flexibility index (Phi) is 9.17. The molecule has 0 unspecified atom stereocenters. The first kappa shape index (κ1) is 28.5. The van der Waals surface area contributed by atoms with Gasteiger partial charge in [-0.1, -0.05) is 43.7 Å². The number of sulfonamides is 1. The van der Waals surface area contributed by atoms with E-state index < -0.39 is 10.0 Å². The van der Waals surface area contributed by atoms with Crippen molar-refractivity contribution < 1.29 is 17.9 Å². The zero-order valence-corrected chi connectivity index (χ0v) is 24.1. The Labute approximate surface area is 232 Å². The Bertz CT molecular complexity index is 1380. The minimum absolute atomic E-state index is 0.0696. The van der Waals surface area contributed by atoms with Crippen LogP contribution in [0.1, 0.15) is 55.1 Å². The van der Waals surface area contributed by atoms with Gasteiger partial charge in [-0.2, -0.15) is 0 Å². The quantitative estimate of drug-likeness (QED) is 0.341. The number of rotatable bonds is 10. The Hall–Kier alpha value is -3.52. The number of anilines is 2. The summed E-state index contributed by atoms with van der Waals surface area (Å²) in [5, 5.41) is 0. The van der Waals surface area contributed by atoms with Crippen molar-refractivity contribution >= 4 is 27.3 Å². The molecule has 3 aromatic rings. The molecule has 0 saturated carbocycles. The number of benzene rings is 3. The molecule has 1 fully saturated rings. The number of amides is 1. The molecule has 1 aliphatic heterocycles. The van der Waals surface area contributed by atoms with Gasteiger partial charge in [-0.05, 0) is 81.1 Å². The van der Waals surface area contributed by atoms with Gasteiger partial charge in [-0.25, -0.2) is 8.42 Å². The summed E-state index contributed by atoms with van der Waals surface area (Å²) in [4.78, 5) is 17.6. The maximum absolute atomic E-state index is 13.5. The molecule has 1 aliphatic rings. The number of carbonyl (C=O) groups excluding carboxylic acids is 1. The smallest absolute Gasteiger partial charge is 0.261 e. The maximum atomic E-state index is 13.5. The summed E-state index contributed by atoms with van der Waals surface area (Å²) in [5.41, 5.74) is 3.86. The van der Waals surface area contributed by atoms with E-state index in [0.717, 1.165) is 36.3 Å². The van der Waals surface area contributed by atoms with Crippen molar-refractivity contribution in [3.8, 4) is 5.75 Å². The predicted molar refractivity (Wildman–Crippen MR) is 157 cm³/mol. The fraction of sp³-hybridized carbons (Fsp3) is 0.387. The topological polar surface area (TPSA) is 79.0 Å². The minimum Gasteiger partial charge on any atom is -0.489 e. The number of hydrogen-bond donors (Lipinski definition) is 1. The molecule has 0 aliphatic carbocycles. The average Bonchev–Trinajstić information content (AvgIpc) is 2.92. The molecule has 7 nitrogen and oxygen atoms in total. The highest BCUT2D eigenvalue weighted by Crippen LogP contribution is 2.30. The molecule has 1 amide bonds. The molecular formula is C31H39N3O4S. The van der Waals surface area contributed by atoms with Crippen LogP contribution in [0.4, 0.5) is 11.4 Å². The van der Waals surface area contributed by atoms with E-state index in [1.165, 1.54) is 11.6 Å². The number of hydrogen-bond acceptors (Lipinski definition) is 5. The van der Waals surface area contributed by atoms with Gasteiger partial charge in [0.2, 0.25) is 0 Å². The van der Waals surface area contributed by atoms with Gasteiger partial charge >= 0.3 is 0 Å². The van der Waals surface area contributed by atoms with Gasteiger partial charge < -0.3 is 14.5 Å². The summed E-state index contributed by atoms with van der Waals surface area (Å²) in [6.07, 6.45) is 3.25. The molecule has 39 heavy (non-hydrogen) atoms. The van der Waals surface area contributed by atoms with Gasteiger partial charge in [0.25, 0.3) is 15.9 Å². The lowest BCUT2D eigenvalue weighted by Crippen LogP contribution is -2.49. The lowest BCUT2D eigenvalue weighted by Gasteiger charge is -2.37. The Balaban J connectivity index is 1.45. The fourth-order valence-electron chi connectivity index (χ4n) is 4.73. The zero-order valence-electron chi connectivity index (χ0n) is 23.3. The van der Waals surface area contributed by atoms with E-state index >= 15 is 0 Å². The van der Waals surface area contributed by atoms with Crippen molar-refractivity contribution in [2.75, 3.05) is 35.8 Å². The number of nitrogens with one attached hydrogen (secondary N) is 1. The second-order valence-electron chi connectivity index (χ2n) is 10.3. The Morgan fingerprint density at radius 2 is 1.67 bits per heavy atom. The number of piperazine rings is 1. The van der Waals surface area contributed by atoms with Gasteiger partial charge in [-0.3, -0.25) is 9.52 Å². The summed E-state index contributed by atoms with van der Waals surface area (Å²) >= 11 is 0. The largest absolute Gasteiger partial charge is 0.489 e. The molecule has 8 heteroatoms. The predicted octanol–water partition coefficient (Wildman–Crippen LogP) is 5.89. The normalized spacial score (nSPS) is 14.0. The lowest BCUT2D eigenvalue weighted by atomic mass is 10.1. The highest BCUT2D eigenvalue weighted by molar-refractivity contribution is 7.92. The number of aryl methyl sites for hydroxylation is 2. The lowest BCUT2D eigenvalue weighted by molar-refractivity contribution is 0.0745. The first-order valence-electron chi connectivity index (χ1n) is 13.7. The molecule has 1 saturated heterocycles. The molecule has 0 radical (unpaired) electrons. The maximum Gasteiger partial charge on any atom is 0.261 e. The molecular weight excluding hydrogens is 510 g/mol. The first-order chi connectivity index (χ1) is 18.7. The molecule has 1 N–H and O–H groups in total. The van der Waals surface area contributed by atoms with Crippen molar-refractivity contribution in [1.82, 2.24) is 4.90 Å². The van der Waals surface area contributed by atoms with Crippen molar-refractivity contribution in [3.05, 3.63) is 83.4 Å². The van der Waals surface area contributed by atoms with Crippen LogP contribution in [0.2, 0.25) is 0 Å². The highest BCUT2D eigenvalue weighted by atomic mass is 32.2. The Morgan fingerprint density at radius 3 is 2.33 bits per heavy atom. The van der Waals surface area contributed by atoms with Crippen LogP contribution in [0.3, 0.4) is 0 Å². The third-order valence-corrected chi connectivity index (χ3v) is 8.29. The van der Waals surface area contributed by atoms with Crippen LogP contribution in [0.25, 0.3) is 0 Å². The van der Waals surface area contributed by atoms with Gasteiger partial charge in [0, 0.05) is 37.4 Å². The van der Waals surface area contributed by atoms with Crippen LogP contribution < -0.4 is 14.4 Å². The van der Waals surface area contributed by atoms with Crippen LogP contribution >= 0.6 is 0 Å². The van der Waals surface area contributed by atoms with Crippen LogP contribution in [0.5, 0.6) is 5.75 Å². The molecule has 0 bridgehead atoms. The van der Waals surface area contributed by atoms with E-state index in [0.29, 0.717) is 37.4 Å². The van der Waals surface area contributed by atoms with Gasteiger partial charge in [-0.15, -0.1) is 0 Å². The zero-order chi connectivity index (χ0) is 28.0. The summed E-state index contributed by atoms with van der Waals surface area (Å²) in [6, 6.07) is 20.2. The molecule has 208 valence electrons. The minimum atomic E-state index is -3.85. The highest BCUT2D eigenvalue weighted by Gasteiger charge is 2.26. The van der Waals surface area contributed by atoms with E-state index in [4.69, 9.17) is 4.74 Å². The monoisotopic (exact) mass is 549 g/mol. The number of para-hydroxylation sites is 2. The van der Waals surface area contributed by atoms with Crippen molar-refractivity contribution in [2.45, 2.75) is 58.0 Å². The number of ether oxygens (including phenoxy) is 1. The van der Waals surface area contributed by atoms with E-state index in [-0.39, 0.29) is 16.9 Å². The molecule has 4 rings (SSSR count). The summed E-state index contributed by atoms with van der Waals surface area (Å²) in [5.74, 6) is 0.681. The first-order valence-corrected chi connectivity index (χ1v) is 15.2. The number of carbonyl (C=O) groups is 1. The third-order valence-electron chi connectivity index (χ3n) is 6.91. The van der Waals surface area contributed by atoms with Crippen LogP contribution in [0.15, 0.2) is 71.6 Å². The second-order valence-corrected chi connectivity index (χ2v) is 12.0. The van der Waals surface area contributed by atoms with E-state index in [1.807, 2.05) is 57.2 Å². The van der Waals surface area contributed by atoms with Crippen molar-refractivity contribution in [3.63, 3.8) is 0 Å². The van der Waals surface area contributed by atoms with Gasteiger partial charge in [0.15, 0.2) is 0 Å². The van der Waals surface area contributed by atoms with E-state index in [9.17, 15) is 13.2 Å². The van der Waals surface area contributed by atoms with E-state index in [2.05, 4.69) is 16.5 Å². The third kappa shape index (κ3) is 7.12. The summed E-state index contributed by atoms with van der Waals surface area (Å²) in [6.45, 7) is 10.4. The molecule has 0 atom stereocenters. The van der Waals surface area contributed by atoms with Crippen LogP contribution in [0, 0.1) is 6.92 Å². The Morgan fingerprint density at radius 1 is 0.974 bits per heavy atom. The van der Waals surface area contributed by atoms with Crippen molar-refractivity contribution in [2.24, 2.45) is 0 Å².